The molecular weight excluding hydrogens is 880 g/mol. The molecule has 1 aromatic carbocycles. The van der Waals surface area contributed by atoms with Gasteiger partial charge in [-0.1, -0.05) is 136 Å². The first-order valence-electron chi connectivity index (χ1n) is 31.8. The molecule has 0 N–H and O–H groups in total. The van der Waals surface area contributed by atoms with Crippen molar-refractivity contribution < 1.29 is 12.4 Å². The third-order valence-corrected chi connectivity index (χ3v) is 25.4. The van der Waals surface area contributed by atoms with Gasteiger partial charge in [-0.3, -0.25) is 0 Å². The minimum absolute atomic E-state index is 0.563. The summed E-state index contributed by atoms with van der Waals surface area (Å²) in [4.78, 5) is 0.563. The van der Waals surface area contributed by atoms with E-state index in [0.29, 0.717) is 4.90 Å². The van der Waals surface area contributed by atoms with E-state index in [1.165, 1.54) is 229 Å². The van der Waals surface area contributed by atoms with Crippen molar-refractivity contribution in [3.8, 4) is 0 Å². The van der Waals surface area contributed by atoms with Gasteiger partial charge in [0.15, 0.2) is 0 Å². The van der Waals surface area contributed by atoms with Gasteiger partial charge in [-0.2, -0.15) is 0 Å². The molecule has 5 heteroatoms. The van der Waals surface area contributed by atoms with Crippen molar-refractivity contribution in [1.29, 1.82) is 0 Å². The number of rotatable bonds is 54. The SMILES string of the molecule is CCCCCCCCCCCCCCc1ccc(S(=O)(=O)OP(CCCC)(CCCC)(CCCC)CCCC)c(CCCCCCCCCCCCCC)c1CCCCCCCCCCCCCC. The molecule has 0 saturated carbocycles. The van der Waals surface area contributed by atoms with Crippen LogP contribution in [-0.2, 0) is 33.4 Å². The molecular formula is C64H125O3PS. The Hall–Kier alpha value is -0.440. The number of hydrogen-bond acceptors (Lipinski definition) is 3. The molecule has 1 aromatic rings. The quantitative estimate of drug-likeness (QED) is 0.0482. The average Bonchev–Trinajstić information content (AvgIpc) is 3.35. The Morgan fingerprint density at radius 2 is 0.551 bits per heavy atom. The summed E-state index contributed by atoms with van der Waals surface area (Å²) in [7, 11) is -3.98. The van der Waals surface area contributed by atoms with Gasteiger partial charge in [-0.25, -0.2) is 0 Å². The predicted octanol–water partition coefficient (Wildman–Crippen LogP) is 22.8. The summed E-state index contributed by atoms with van der Waals surface area (Å²) in [5.74, 6) is 0. The van der Waals surface area contributed by atoms with E-state index in [4.69, 9.17) is 3.97 Å². The fraction of sp³-hybridized carbons (Fsp3) is 0.906. The maximum absolute atomic E-state index is 15.6. The molecule has 0 radical (unpaired) electrons. The molecule has 0 aliphatic heterocycles. The summed E-state index contributed by atoms with van der Waals surface area (Å²) in [5, 5.41) is 0. The van der Waals surface area contributed by atoms with Crippen LogP contribution in [0.4, 0.5) is 0 Å². The van der Waals surface area contributed by atoms with Gasteiger partial charge in [0.2, 0.25) is 0 Å². The average molecular weight is 1010 g/mol. The molecule has 0 amide bonds. The van der Waals surface area contributed by atoms with Crippen LogP contribution in [0.5, 0.6) is 0 Å². The first-order chi connectivity index (χ1) is 33.7. The molecule has 3 nitrogen and oxygen atoms in total. The van der Waals surface area contributed by atoms with Crippen LogP contribution in [-0.4, -0.2) is 33.1 Å². The van der Waals surface area contributed by atoms with Crippen molar-refractivity contribution in [2.75, 3.05) is 24.6 Å². The Labute approximate surface area is 435 Å². The molecule has 0 heterocycles. The van der Waals surface area contributed by atoms with Crippen LogP contribution in [0.3, 0.4) is 0 Å². The number of hydrogen-bond donors (Lipinski definition) is 0. The summed E-state index contributed by atoms with van der Waals surface area (Å²) in [5.41, 5.74) is 4.02. The minimum atomic E-state index is -3.98. The van der Waals surface area contributed by atoms with E-state index in [2.05, 4.69) is 60.6 Å². The fourth-order valence-electron chi connectivity index (χ4n) is 11.6. The van der Waals surface area contributed by atoms with E-state index in [1.807, 2.05) is 0 Å². The van der Waals surface area contributed by atoms with E-state index < -0.39 is 16.9 Å². The monoisotopic (exact) mass is 1000 g/mol. The van der Waals surface area contributed by atoms with Crippen LogP contribution in [0.1, 0.15) is 348 Å². The van der Waals surface area contributed by atoms with Crippen molar-refractivity contribution in [2.45, 2.75) is 355 Å². The molecule has 0 aliphatic rings. The summed E-state index contributed by atoms with van der Waals surface area (Å²) in [6.45, 7) is 13.0. The van der Waals surface area contributed by atoms with E-state index in [0.717, 1.165) is 114 Å². The van der Waals surface area contributed by atoms with E-state index in [9.17, 15) is 0 Å². The Balaban J connectivity index is 3.48. The Morgan fingerprint density at radius 1 is 0.304 bits per heavy atom. The molecule has 0 aromatic heterocycles. The zero-order chi connectivity index (χ0) is 50.4. The van der Waals surface area contributed by atoms with E-state index in [1.54, 1.807) is 0 Å². The first kappa shape index (κ1) is 66.6. The van der Waals surface area contributed by atoms with Crippen molar-refractivity contribution >= 4 is 16.9 Å². The third-order valence-electron chi connectivity index (χ3n) is 16.2. The molecule has 410 valence electrons. The summed E-state index contributed by atoms with van der Waals surface area (Å²) in [6.07, 6.45) is 63.8. The van der Waals surface area contributed by atoms with Gasteiger partial charge in [0.25, 0.3) is 0 Å². The standard InChI is InChI=1S/C64H125O3PS/c1-8-15-22-25-28-31-34-37-40-43-46-49-52-61-55-56-64(69(65,66)67-68(57-18-11-4,58-19-12-5,59-20-13-6)60-21-14-7)63(54-51-48-45-42-39-36-33-30-27-24-17-10-3)62(61)53-50-47-44-41-38-35-32-29-26-23-16-9-2/h55-56H,8-54,57-60H2,1-7H3. The van der Waals surface area contributed by atoms with Crippen molar-refractivity contribution in [3.05, 3.63) is 28.8 Å². The van der Waals surface area contributed by atoms with Gasteiger partial charge in [-0.15, -0.1) is 0 Å². The van der Waals surface area contributed by atoms with Crippen molar-refractivity contribution in [1.82, 2.24) is 0 Å². The minimum Gasteiger partial charge on any atom is -0.0654 e. The second-order valence-electron chi connectivity index (χ2n) is 22.8. The topological polar surface area (TPSA) is 43.4 Å². The second-order valence-corrected chi connectivity index (χ2v) is 30.2. The summed E-state index contributed by atoms with van der Waals surface area (Å²) in [6, 6.07) is 4.35. The second kappa shape index (κ2) is 45.0. The Kier molecular flexibility index (Phi) is 43.4. The maximum atomic E-state index is 15.6. The zero-order valence-corrected chi connectivity index (χ0v) is 50.0. The molecule has 0 bridgehead atoms. The van der Waals surface area contributed by atoms with Gasteiger partial charge >= 0.3 is 302 Å². The fourth-order valence-corrected chi connectivity index (χ4v) is 21.9. The molecule has 1 rings (SSSR count). The van der Waals surface area contributed by atoms with Gasteiger partial charge in [0.1, 0.15) is 0 Å². The predicted molar refractivity (Wildman–Crippen MR) is 315 cm³/mol. The molecule has 0 aliphatic carbocycles. The van der Waals surface area contributed by atoms with E-state index in [-0.39, 0.29) is 0 Å². The van der Waals surface area contributed by atoms with Gasteiger partial charge < -0.3 is 0 Å². The van der Waals surface area contributed by atoms with Gasteiger partial charge in [0, 0.05) is 0 Å². The van der Waals surface area contributed by atoms with Crippen LogP contribution in [0.25, 0.3) is 0 Å². The van der Waals surface area contributed by atoms with Gasteiger partial charge in [-0.05, 0) is 0 Å². The van der Waals surface area contributed by atoms with Crippen molar-refractivity contribution in [3.63, 3.8) is 0 Å². The number of aryl methyl sites for hydroxylation is 1. The molecule has 0 saturated heterocycles. The third kappa shape index (κ3) is 31.8. The van der Waals surface area contributed by atoms with Crippen molar-refractivity contribution in [2.24, 2.45) is 0 Å². The zero-order valence-electron chi connectivity index (χ0n) is 48.3. The van der Waals surface area contributed by atoms with E-state index >= 15 is 8.42 Å². The smallest absolute Gasteiger partial charge is 0.0654 e. The summed E-state index contributed by atoms with van der Waals surface area (Å²) < 4.78 is 38.5. The molecule has 0 unspecified atom stereocenters. The van der Waals surface area contributed by atoms with Crippen LogP contribution in [0, 0.1) is 0 Å². The number of benzene rings is 1. The van der Waals surface area contributed by atoms with Crippen LogP contribution in [0.2, 0.25) is 0 Å². The van der Waals surface area contributed by atoms with Crippen LogP contribution in [0.15, 0.2) is 17.0 Å². The van der Waals surface area contributed by atoms with Crippen LogP contribution >= 0.6 is 6.83 Å². The normalized spacial score (nSPS) is 12.8. The summed E-state index contributed by atoms with van der Waals surface area (Å²) >= 11 is 0. The number of unbranched alkanes of at least 4 members (excludes halogenated alkanes) is 37. The molecule has 0 fully saturated rings. The first-order valence-corrected chi connectivity index (χ1v) is 36.1. The van der Waals surface area contributed by atoms with Gasteiger partial charge in [0.05, 0.1) is 0 Å². The van der Waals surface area contributed by atoms with Crippen LogP contribution < -0.4 is 0 Å². The Bertz CT molecular complexity index is 1350. The molecule has 0 atom stereocenters. The molecule has 0 spiro atoms. The molecule has 69 heavy (non-hydrogen) atoms. The Morgan fingerprint density at radius 3 is 0.841 bits per heavy atom.